The van der Waals surface area contributed by atoms with Crippen LogP contribution < -0.4 is 5.32 Å². The summed E-state index contributed by atoms with van der Waals surface area (Å²) in [6.45, 7) is 3.60. The van der Waals surface area contributed by atoms with Gasteiger partial charge in [-0.1, -0.05) is 30.3 Å². The molecule has 0 spiro atoms. The van der Waals surface area contributed by atoms with Crippen LogP contribution in [-0.2, 0) is 22.9 Å². The smallest absolute Gasteiger partial charge is 0.147 e. The van der Waals surface area contributed by atoms with E-state index in [1.165, 1.54) is 17.4 Å². The van der Waals surface area contributed by atoms with Crippen molar-refractivity contribution in [3.63, 3.8) is 0 Å². The molecule has 1 aromatic carbocycles. The molecule has 0 aliphatic heterocycles. The number of nitrogens with zero attached hydrogens (tertiary/aromatic N) is 2. The zero-order valence-corrected chi connectivity index (χ0v) is 15.1. The molecule has 5 nitrogen and oxygen atoms in total. The highest BCUT2D eigenvalue weighted by atomic mass is 32.2. The van der Waals surface area contributed by atoms with E-state index in [0.717, 1.165) is 31.6 Å². The first kappa shape index (κ1) is 17.2. The van der Waals surface area contributed by atoms with Crippen molar-refractivity contribution >= 4 is 9.84 Å². The highest BCUT2D eigenvalue weighted by Gasteiger charge is 2.31. The third kappa shape index (κ3) is 4.68. The first-order valence-corrected chi connectivity index (χ1v) is 10.4. The fourth-order valence-corrected chi connectivity index (χ4v) is 4.43. The molecule has 0 radical (unpaired) electrons. The zero-order valence-electron chi connectivity index (χ0n) is 14.3. The van der Waals surface area contributed by atoms with Crippen LogP contribution in [0, 0.1) is 12.8 Å². The summed E-state index contributed by atoms with van der Waals surface area (Å²) in [6, 6.07) is 10.7. The van der Waals surface area contributed by atoms with E-state index < -0.39 is 9.84 Å². The lowest BCUT2D eigenvalue weighted by Crippen LogP contribution is -2.43. The summed E-state index contributed by atoms with van der Waals surface area (Å²) >= 11 is 0. The molecule has 1 aromatic heterocycles. The minimum absolute atomic E-state index is 0.319. The molecule has 2 aromatic rings. The van der Waals surface area contributed by atoms with Crippen LogP contribution in [0.4, 0.5) is 0 Å². The Bertz CT molecular complexity index is 778. The van der Waals surface area contributed by atoms with Crippen LogP contribution in [0.1, 0.15) is 29.7 Å². The summed E-state index contributed by atoms with van der Waals surface area (Å²) < 4.78 is 24.6. The van der Waals surface area contributed by atoms with Gasteiger partial charge in [0.1, 0.15) is 9.84 Å². The SMILES string of the molecule is Cc1nn(Cc2ccccc2)cc1CNC1CC(CS(C)(=O)=O)C1. The van der Waals surface area contributed by atoms with Crippen LogP contribution in [0.2, 0.25) is 0 Å². The second-order valence-corrected chi connectivity index (χ2v) is 9.12. The van der Waals surface area contributed by atoms with Gasteiger partial charge < -0.3 is 5.32 Å². The first-order chi connectivity index (χ1) is 11.4. The number of hydrogen-bond donors (Lipinski definition) is 1. The van der Waals surface area contributed by atoms with Crippen molar-refractivity contribution in [2.45, 2.75) is 38.9 Å². The van der Waals surface area contributed by atoms with Gasteiger partial charge in [-0.15, -0.1) is 0 Å². The first-order valence-electron chi connectivity index (χ1n) is 8.37. The van der Waals surface area contributed by atoms with E-state index in [1.54, 1.807) is 0 Å². The molecular formula is C18H25N3O2S. The summed E-state index contributed by atoms with van der Waals surface area (Å²) in [7, 11) is -2.85. The molecule has 1 saturated carbocycles. The molecule has 1 N–H and O–H groups in total. The summed E-state index contributed by atoms with van der Waals surface area (Å²) in [5.74, 6) is 0.638. The van der Waals surface area contributed by atoms with Gasteiger partial charge in [-0.2, -0.15) is 5.10 Å². The summed E-state index contributed by atoms with van der Waals surface area (Å²) in [5, 5.41) is 8.11. The maximum atomic E-state index is 11.3. The number of hydrogen-bond acceptors (Lipinski definition) is 4. The van der Waals surface area contributed by atoms with Crippen LogP contribution in [0.25, 0.3) is 0 Å². The molecule has 0 unspecified atom stereocenters. The third-order valence-electron chi connectivity index (χ3n) is 4.59. The number of sulfone groups is 1. The van der Waals surface area contributed by atoms with Gasteiger partial charge in [0.2, 0.25) is 0 Å². The van der Waals surface area contributed by atoms with E-state index in [-0.39, 0.29) is 0 Å². The lowest BCUT2D eigenvalue weighted by molar-refractivity contribution is 0.242. The van der Waals surface area contributed by atoms with Crippen LogP contribution in [0.15, 0.2) is 36.5 Å². The Morgan fingerprint density at radius 2 is 1.96 bits per heavy atom. The van der Waals surface area contributed by atoms with Crippen molar-refractivity contribution in [2.75, 3.05) is 12.0 Å². The topological polar surface area (TPSA) is 64.0 Å². The number of benzene rings is 1. The standard InChI is InChI=1S/C18H25N3O2S/c1-14-17(10-19-18-8-16(9-18)13-24(2,22)23)12-21(20-14)11-15-6-4-3-5-7-15/h3-7,12,16,18-19H,8-11,13H2,1-2H3. The summed E-state index contributed by atoms with van der Waals surface area (Å²) in [4.78, 5) is 0. The van der Waals surface area contributed by atoms with Crippen LogP contribution in [-0.4, -0.2) is 36.2 Å². The van der Waals surface area contributed by atoms with E-state index in [9.17, 15) is 8.42 Å². The van der Waals surface area contributed by atoms with E-state index in [4.69, 9.17) is 0 Å². The maximum absolute atomic E-state index is 11.3. The van der Waals surface area contributed by atoms with Crippen molar-refractivity contribution < 1.29 is 8.42 Å². The van der Waals surface area contributed by atoms with E-state index >= 15 is 0 Å². The minimum Gasteiger partial charge on any atom is -0.310 e. The molecule has 0 atom stereocenters. The molecule has 0 bridgehead atoms. The Morgan fingerprint density at radius 3 is 2.62 bits per heavy atom. The third-order valence-corrected chi connectivity index (χ3v) is 5.67. The summed E-state index contributed by atoms with van der Waals surface area (Å²) in [5.41, 5.74) is 3.49. The summed E-state index contributed by atoms with van der Waals surface area (Å²) in [6.07, 6.45) is 5.31. The molecule has 0 amide bonds. The predicted molar refractivity (Wildman–Crippen MR) is 95.6 cm³/mol. The minimum atomic E-state index is -2.85. The number of aryl methyl sites for hydroxylation is 1. The van der Waals surface area contributed by atoms with Crippen LogP contribution in [0.5, 0.6) is 0 Å². The lowest BCUT2D eigenvalue weighted by Gasteiger charge is -2.35. The Balaban J connectivity index is 1.48. The Kier molecular flexibility index (Phi) is 5.06. The van der Waals surface area contributed by atoms with Crippen molar-refractivity contribution in [3.05, 3.63) is 53.3 Å². The van der Waals surface area contributed by atoms with E-state index in [2.05, 4.69) is 28.7 Å². The predicted octanol–water partition coefficient (Wildman–Crippen LogP) is 2.15. The van der Waals surface area contributed by atoms with Crippen molar-refractivity contribution in [3.8, 4) is 0 Å². The number of aromatic nitrogens is 2. The number of nitrogens with one attached hydrogen (secondary N) is 1. The average molecular weight is 347 g/mol. The van der Waals surface area contributed by atoms with Gasteiger partial charge in [0, 0.05) is 30.6 Å². The molecule has 1 aliphatic carbocycles. The van der Waals surface area contributed by atoms with Gasteiger partial charge in [-0.05, 0) is 31.2 Å². The zero-order chi connectivity index (χ0) is 17.2. The number of rotatable bonds is 7. The second-order valence-electron chi connectivity index (χ2n) is 6.93. The second kappa shape index (κ2) is 7.07. The van der Waals surface area contributed by atoms with Crippen LogP contribution >= 0.6 is 0 Å². The van der Waals surface area contributed by atoms with Crippen LogP contribution in [0.3, 0.4) is 0 Å². The highest BCUT2D eigenvalue weighted by Crippen LogP contribution is 2.28. The van der Waals surface area contributed by atoms with Gasteiger partial charge in [0.25, 0.3) is 0 Å². The molecule has 24 heavy (non-hydrogen) atoms. The van der Waals surface area contributed by atoms with Gasteiger partial charge in [0.15, 0.2) is 0 Å². The quantitative estimate of drug-likeness (QED) is 0.834. The average Bonchev–Trinajstić information content (AvgIpc) is 2.81. The van der Waals surface area contributed by atoms with Crippen molar-refractivity contribution in [1.29, 1.82) is 0 Å². The monoisotopic (exact) mass is 347 g/mol. The molecule has 6 heteroatoms. The molecule has 1 aliphatic rings. The van der Waals surface area contributed by atoms with Crippen molar-refractivity contribution in [1.82, 2.24) is 15.1 Å². The molecule has 1 fully saturated rings. The molecule has 130 valence electrons. The maximum Gasteiger partial charge on any atom is 0.147 e. The Hall–Kier alpha value is -1.66. The van der Waals surface area contributed by atoms with Crippen molar-refractivity contribution in [2.24, 2.45) is 5.92 Å². The van der Waals surface area contributed by atoms with Gasteiger partial charge in [0.05, 0.1) is 18.0 Å². The largest absolute Gasteiger partial charge is 0.310 e. The molecular weight excluding hydrogens is 322 g/mol. The fourth-order valence-electron chi connectivity index (χ4n) is 3.30. The Morgan fingerprint density at radius 1 is 1.25 bits per heavy atom. The Labute approximate surface area is 144 Å². The molecule has 3 rings (SSSR count). The lowest BCUT2D eigenvalue weighted by atomic mass is 9.81. The normalized spacial score (nSPS) is 20.8. The van der Waals surface area contributed by atoms with E-state index in [1.807, 2.05) is 29.8 Å². The molecule has 0 saturated heterocycles. The van der Waals surface area contributed by atoms with Gasteiger partial charge in [-0.3, -0.25) is 4.68 Å². The van der Waals surface area contributed by atoms with E-state index in [0.29, 0.717) is 17.7 Å². The highest BCUT2D eigenvalue weighted by molar-refractivity contribution is 7.90. The fraction of sp³-hybridized carbons (Fsp3) is 0.500. The van der Waals surface area contributed by atoms with Gasteiger partial charge >= 0.3 is 0 Å². The van der Waals surface area contributed by atoms with Gasteiger partial charge in [-0.25, -0.2) is 8.42 Å². The molecule has 1 heterocycles.